The highest BCUT2D eigenvalue weighted by molar-refractivity contribution is 5.23. The van der Waals surface area contributed by atoms with Gasteiger partial charge in [-0.25, -0.2) is 0 Å². The number of pyridine rings is 1. The van der Waals surface area contributed by atoms with Crippen molar-refractivity contribution in [3.8, 4) is 0 Å². The second-order valence-electron chi connectivity index (χ2n) is 5.19. The van der Waals surface area contributed by atoms with E-state index in [1.807, 2.05) is 6.20 Å². The van der Waals surface area contributed by atoms with Crippen LogP contribution in [0.4, 0.5) is 0 Å². The Morgan fingerprint density at radius 3 is 2.78 bits per heavy atom. The van der Waals surface area contributed by atoms with Gasteiger partial charge in [-0.2, -0.15) is 0 Å². The van der Waals surface area contributed by atoms with Crippen LogP contribution in [-0.4, -0.2) is 36.1 Å². The molecule has 1 aromatic heterocycles. The summed E-state index contributed by atoms with van der Waals surface area (Å²) in [5, 5.41) is 3.51. The summed E-state index contributed by atoms with van der Waals surface area (Å²) < 4.78 is 0. The molecule has 1 aliphatic heterocycles. The average molecular weight is 247 g/mol. The molecule has 2 heterocycles. The smallest absolute Gasteiger partial charge is 0.0430 e. The lowest BCUT2D eigenvalue weighted by molar-refractivity contribution is 0.335. The van der Waals surface area contributed by atoms with E-state index in [-0.39, 0.29) is 0 Å². The number of hydrogen-bond donors (Lipinski definition) is 1. The first-order valence-electron chi connectivity index (χ1n) is 7.17. The highest BCUT2D eigenvalue weighted by Gasteiger charge is 2.09. The summed E-state index contributed by atoms with van der Waals surface area (Å²) in [6.45, 7) is 10.1. The fourth-order valence-electron chi connectivity index (χ4n) is 2.60. The molecule has 1 fully saturated rings. The van der Waals surface area contributed by atoms with Crippen LogP contribution >= 0.6 is 0 Å². The van der Waals surface area contributed by atoms with Gasteiger partial charge in [0.2, 0.25) is 0 Å². The third kappa shape index (κ3) is 3.79. The van der Waals surface area contributed by atoms with Gasteiger partial charge in [0.25, 0.3) is 0 Å². The van der Waals surface area contributed by atoms with Crippen LogP contribution in [-0.2, 0) is 13.0 Å². The Balaban J connectivity index is 1.71. The molecular weight excluding hydrogens is 222 g/mol. The zero-order valence-electron chi connectivity index (χ0n) is 11.7. The standard InChI is InChI=1S/C15H25N3/c1-3-15-13(2)10-14(12-17-15)11-16-6-9-18-7-4-5-8-18/h10,12,16H,3-9,11H2,1-2H3. The largest absolute Gasteiger partial charge is 0.311 e. The van der Waals surface area contributed by atoms with E-state index in [1.54, 1.807) is 0 Å². The van der Waals surface area contributed by atoms with Crippen LogP contribution in [0.1, 0.15) is 36.6 Å². The molecule has 3 heteroatoms. The fourth-order valence-corrected chi connectivity index (χ4v) is 2.60. The minimum absolute atomic E-state index is 0.936. The van der Waals surface area contributed by atoms with Gasteiger partial charge in [-0.15, -0.1) is 0 Å². The summed E-state index contributed by atoms with van der Waals surface area (Å²) in [6, 6.07) is 2.26. The van der Waals surface area contributed by atoms with Gasteiger partial charge in [-0.1, -0.05) is 13.0 Å². The van der Waals surface area contributed by atoms with Gasteiger partial charge >= 0.3 is 0 Å². The molecular formula is C15H25N3. The van der Waals surface area contributed by atoms with E-state index in [2.05, 4.69) is 35.1 Å². The number of aromatic nitrogens is 1. The Morgan fingerprint density at radius 2 is 2.11 bits per heavy atom. The first-order chi connectivity index (χ1) is 8.79. The lowest BCUT2D eigenvalue weighted by atomic mass is 10.1. The van der Waals surface area contributed by atoms with Crippen LogP contribution < -0.4 is 5.32 Å². The molecule has 0 aromatic carbocycles. The maximum Gasteiger partial charge on any atom is 0.0430 e. The van der Waals surface area contributed by atoms with E-state index >= 15 is 0 Å². The van der Waals surface area contributed by atoms with Crippen LogP contribution in [0.5, 0.6) is 0 Å². The monoisotopic (exact) mass is 247 g/mol. The molecule has 3 nitrogen and oxygen atoms in total. The van der Waals surface area contributed by atoms with E-state index < -0.39 is 0 Å². The topological polar surface area (TPSA) is 28.2 Å². The molecule has 0 aliphatic carbocycles. The molecule has 0 saturated carbocycles. The van der Waals surface area contributed by atoms with Gasteiger partial charge in [0, 0.05) is 31.5 Å². The number of hydrogen-bond acceptors (Lipinski definition) is 3. The van der Waals surface area contributed by atoms with Crippen LogP contribution in [0, 0.1) is 6.92 Å². The summed E-state index contributed by atoms with van der Waals surface area (Å²) >= 11 is 0. The molecule has 1 aliphatic rings. The second-order valence-corrected chi connectivity index (χ2v) is 5.19. The lowest BCUT2D eigenvalue weighted by Crippen LogP contribution is -2.29. The summed E-state index contributed by atoms with van der Waals surface area (Å²) in [4.78, 5) is 7.04. The van der Waals surface area contributed by atoms with Gasteiger partial charge in [-0.3, -0.25) is 4.98 Å². The summed E-state index contributed by atoms with van der Waals surface area (Å²) in [6.07, 6.45) is 5.78. The number of likely N-dealkylation sites (tertiary alicyclic amines) is 1. The second kappa shape index (κ2) is 6.86. The van der Waals surface area contributed by atoms with Gasteiger partial charge in [0.1, 0.15) is 0 Å². The maximum atomic E-state index is 4.50. The molecule has 0 amide bonds. The molecule has 18 heavy (non-hydrogen) atoms. The summed E-state index contributed by atoms with van der Waals surface area (Å²) in [7, 11) is 0. The number of nitrogens with zero attached hydrogens (tertiary/aromatic N) is 2. The van der Waals surface area contributed by atoms with Crippen molar-refractivity contribution in [2.24, 2.45) is 0 Å². The Bertz CT molecular complexity index is 370. The van der Waals surface area contributed by atoms with E-state index in [0.29, 0.717) is 0 Å². The van der Waals surface area contributed by atoms with Crippen LogP contribution in [0.3, 0.4) is 0 Å². The molecule has 0 bridgehead atoms. The third-order valence-electron chi connectivity index (χ3n) is 3.71. The van der Waals surface area contributed by atoms with Crippen LogP contribution in [0.25, 0.3) is 0 Å². The average Bonchev–Trinajstić information content (AvgIpc) is 2.88. The first kappa shape index (κ1) is 13.5. The van der Waals surface area contributed by atoms with Crippen molar-refractivity contribution in [1.29, 1.82) is 0 Å². The summed E-state index contributed by atoms with van der Waals surface area (Å²) in [5.74, 6) is 0. The minimum atomic E-state index is 0.936. The van der Waals surface area contributed by atoms with Gasteiger partial charge in [-0.05, 0) is 50.4 Å². The predicted molar refractivity (Wildman–Crippen MR) is 75.7 cm³/mol. The molecule has 0 atom stereocenters. The van der Waals surface area contributed by atoms with E-state index in [1.165, 1.54) is 49.3 Å². The Morgan fingerprint density at radius 1 is 1.33 bits per heavy atom. The van der Waals surface area contributed by atoms with Gasteiger partial charge in [0.15, 0.2) is 0 Å². The van der Waals surface area contributed by atoms with E-state index in [9.17, 15) is 0 Å². The van der Waals surface area contributed by atoms with Crippen LogP contribution in [0.2, 0.25) is 0 Å². The zero-order chi connectivity index (χ0) is 12.8. The quantitative estimate of drug-likeness (QED) is 0.781. The van der Waals surface area contributed by atoms with E-state index in [0.717, 1.165) is 19.5 Å². The summed E-state index contributed by atoms with van der Waals surface area (Å²) in [5.41, 5.74) is 3.83. The minimum Gasteiger partial charge on any atom is -0.311 e. The van der Waals surface area contributed by atoms with Gasteiger partial charge < -0.3 is 10.2 Å². The van der Waals surface area contributed by atoms with Crippen molar-refractivity contribution >= 4 is 0 Å². The van der Waals surface area contributed by atoms with Crippen molar-refractivity contribution < 1.29 is 0 Å². The maximum absolute atomic E-state index is 4.50. The zero-order valence-corrected chi connectivity index (χ0v) is 11.7. The predicted octanol–water partition coefficient (Wildman–Crippen LogP) is 2.14. The molecule has 1 aromatic rings. The highest BCUT2D eigenvalue weighted by Crippen LogP contribution is 2.08. The molecule has 0 unspecified atom stereocenters. The normalized spacial score (nSPS) is 16.3. The Kier molecular flexibility index (Phi) is 5.14. The molecule has 0 radical (unpaired) electrons. The Hall–Kier alpha value is -0.930. The van der Waals surface area contributed by atoms with Crippen molar-refractivity contribution in [2.45, 2.75) is 39.7 Å². The number of rotatable bonds is 6. The van der Waals surface area contributed by atoms with Crippen molar-refractivity contribution in [1.82, 2.24) is 15.2 Å². The van der Waals surface area contributed by atoms with Crippen molar-refractivity contribution in [2.75, 3.05) is 26.2 Å². The van der Waals surface area contributed by atoms with Gasteiger partial charge in [0.05, 0.1) is 0 Å². The molecule has 2 rings (SSSR count). The molecule has 1 N–H and O–H groups in total. The molecule has 0 spiro atoms. The fraction of sp³-hybridized carbons (Fsp3) is 0.667. The molecule has 100 valence electrons. The molecule has 1 saturated heterocycles. The van der Waals surface area contributed by atoms with Crippen LogP contribution in [0.15, 0.2) is 12.3 Å². The lowest BCUT2D eigenvalue weighted by Gasteiger charge is -2.14. The number of aryl methyl sites for hydroxylation is 2. The highest BCUT2D eigenvalue weighted by atomic mass is 15.1. The van der Waals surface area contributed by atoms with Crippen molar-refractivity contribution in [3.63, 3.8) is 0 Å². The third-order valence-corrected chi connectivity index (χ3v) is 3.71. The van der Waals surface area contributed by atoms with E-state index in [4.69, 9.17) is 0 Å². The SMILES string of the molecule is CCc1ncc(CNCCN2CCCC2)cc1C. The first-order valence-corrected chi connectivity index (χ1v) is 7.17. The van der Waals surface area contributed by atoms with Crippen molar-refractivity contribution in [3.05, 3.63) is 29.1 Å². The Labute approximate surface area is 111 Å². The number of nitrogens with one attached hydrogen (secondary N) is 1.